The zero-order valence-electron chi connectivity index (χ0n) is 11.7. The molecule has 1 aromatic heterocycles. The van der Waals surface area contributed by atoms with Crippen LogP contribution in [-0.4, -0.2) is 31.3 Å². The molecule has 1 heterocycles. The van der Waals surface area contributed by atoms with E-state index in [0.29, 0.717) is 16.2 Å². The van der Waals surface area contributed by atoms with Crippen molar-refractivity contribution in [3.8, 4) is 0 Å². The van der Waals surface area contributed by atoms with Crippen molar-refractivity contribution in [3.05, 3.63) is 35.0 Å². The first-order valence-corrected chi connectivity index (χ1v) is 8.73. The normalized spacial score (nSPS) is 11.6. The van der Waals surface area contributed by atoms with Crippen molar-refractivity contribution in [2.75, 3.05) is 17.3 Å². The molecule has 2 aromatic rings. The summed E-state index contributed by atoms with van der Waals surface area (Å²) in [6.07, 6.45) is 2.65. The summed E-state index contributed by atoms with van der Waals surface area (Å²) in [5, 5.41) is 4.02. The first kappa shape index (κ1) is 15.7. The molecule has 21 heavy (non-hydrogen) atoms. The Bertz CT molecular complexity index is 803. The second-order valence-corrected chi connectivity index (χ2v) is 7.52. The lowest BCUT2D eigenvalue weighted by molar-refractivity contribution is -0.115. The van der Waals surface area contributed by atoms with Crippen LogP contribution in [0.4, 0.5) is 5.69 Å². The van der Waals surface area contributed by atoms with E-state index in [9.17, 15) is 13.2 Å². The number of rotatable bonds is 4. The smallest absolute Gasteiger partial charge is 0.225 e. The minimum atomic E-state index is -3.16. The van der Waals surface area contributed by atoms with E-state index in [1.807, 2.05) is 13.0 Å². The van der Waals surface area contributed by atoms with Crippen molar-refractivity contribution >= 4 is 43.9 Å². The third-order valence-corrected chi connectivity index (χ3v) is 4.43. The number of carbonyl (C=O) groups is 1. The minimum absolute atomic E-state index is 0.0885. The molecule has 1 amide bonds. The molecule has 0 spiro atoms. The average molecular weight is 327 g/mol. The van der Waals surface area contributed by atoms with Gasteiger partial charge in [-0.05, 0) is 18.6 Å². The second-order valence-electron chi connectivity index (χ2n) is 4.88. The molecule has 0 saturated heterocycles. The Hall–Kier alpha value is -1.66. The van der Waals surface area contributed by atoms with Gasteiger partial charge in [-0.3, -0.25) is 9.78 Å². The number of nitrogens with one attached hydrogen (secondary N) is 1. The molecule has 1 N–H and O–H groups in total. The van der Waals surface area contributed by atoms with Gasteiger partial charge in [0.05, 0.1) is 22.0 Å². The SMILES string of the molecule is Cc1cnc2c(NC(=O)CCS(C)(=O)=O)cccc2c1Cl. The number of benzene rings is 1. The molecule has 2 rings (SSSR count). The van der Waals surface area contributed by atoms with Crippen LogP contribution in [0.15, 0.2) is 24.4 Å². The van der Waals surface area contributed by atoms with Gasteiger partial charge in [0, 0.05) is 24.3 Å². The minimum Gasteiger partial charge on any atom is -0.324 e. The molecule has 112 valence electrons. The number of hydrogen-bond donors (Lipinski definition) is 1. The topological polar surface area (TPSA) is 76.1 Å². The fraction of sp³-hybridized carbons (Fsp3) is 0.286. The number of anilines is 1. The highest BCUT2D eigenvalue weighted by atomic mass is 35.5. The Labute approximate surface area is 128 Å². The second kappa shape index (κ2) is 5.99. The Kier molecular flexibility index (Phi) is 4.49. The molecular weight excluding hydrogens is 312 g/mol. The van der Waals surface area contributed by atoms with E-state index in [1.54, 1.807) is 18.3 Å². The summed E-state index contributed by atoms with van der Waals surface area (Å²) in [5.41, 5.74) is 1.96. The highest BCUT2D eigenvalue weighted by Crippen LogP contribution is 2.29. The number of halogens is 1. The first-order valence-electron chi connectivity index (χ1n) is 6.29. The summed E-state index contributed by atoms with van der Waals surface area (Å²) in [6, 6.07) is 5.30. The number of aryl methyl sites for hydroxylation is 1. The fourth-order valence-electron chi connectivity index (χ4n) is 1.88. The van der Waals surface area contributed by atoms with Crippen LogP contribution in [0.2, 0.25) is 5.02 Å². The Morgan fingerprint density at radius 3 is 2.76 bits per heavy atom. The molecule has 0 bridgehead atoms. The summed E-state index contributed by atoms with van der Waals surface area (Å²) in [5.74, 6) is -0.553. The maximum Gasteiger partial charge on any atom is 0.225 e. The first-order chi connectivity index (χ1) is 9.78. The van der Waals surface area contributed by atoms with Gasteiger partial charge in [-0.1, -0.05) is 23.7 Å². The van der Waals surface area contributed by atoms with Gasteiger partial charge in [0.25, 0.3) is 0 Å². The molecule has 0 aliphatic carbocycles. The lowest BCUT2D eigenvalue weighted by Crippen LogP contribution is -2.16. The zero-order valence-corrected chi connectivity index (χ0v) is 13.3. The van der Waals surface area contributed by atoms with Gasteiger partial charge in [-0.25, -0.2) is 8.42 Å². The van der Waals surface area contributed by atoms with Crippen LogP contribution < -0.4 is 5.32 Å². The number of amides is 1. The number of para-hydroxylation sites is 1. The largest absolute Gasteiger partial charge is 0.324 e. The quantitative estimate of drug-likeness (QED) is 0.936. The standard InChI is InChI=1S/C14H15ClN2O3S/c1-9-8-16-14-10(13(9)15)4-3-5-11(14)17-12(18)6-7-21(2,19)20/h3-5,8H,6-7H2,1-2H3,(H,17,18). The van der Waals surface area contributed by atoms with Crippen LogP contribution in [-0.2, 0) is 14.6 Å². The monoisotopic (exact) mass is 326 g/mol. The summed E-state index contributed by atoms with van der Waals surface area (Å²) in [4.78, 5) is 16.1. The number of carbonyl (C=O) groups excluding carboxylic acids is 1. The molecule has 0 radical (unpaired) electrons. The third kappa shape index (κ3) is 3.92. The van der Waals surface area contributed by atoms with Crippen molar-refractivity contribution in [2.45, 2.75) is 13.3 Å². The van der Waals surface area contributed by atoms with Crippen LogP contribution >= 0.6 is 11.6 Å². The van der Waals surface area contributed by atoms with Gasteiger partial charge in [-0.15, -0.1) is 0 Å². The van der Waals surface area contributed by atoms with Gasteiger partial charge < -0.3 is 5.32 Å². The molecule has 0 aliphatic heterocycles. The number of hydrogen-bond acceptors (Lipinski definition) is 4. The van der Waals surface area contributed by atoms with Crippen LogP contribution in [0.1, 0.15) is 12.0 Å². The van der Waals surface area contributed by atoms with Crippen LogP contribution in [0.3, 0.4) is 0 Å². The Balaban J connectivity index is 2.27. The predicted molar refractivity (Wildman–Crippen MR) is 84.4 cm³/mol. The molecule has 5 nitrogen and oxygen atoms in total. The van der Waals surface area contributed by atoms with Crippen molar-refractivity contribution < 1.29 is 13.2 Å². The fourth-order valence-corrected chi connectivity index (χ4v) is 2.64. The van der Waals surface area contributed by atoms with Gasteiger partial charge >= 0.3 is 0 Å². The molecule has 0 atom stereocenters. The summed E-state index contributed by atoms with van der Waals surface area (Å²) in [6.45, 7) is 1.85. The number of aromatic nitrogens is 1. The summed E-state index contributed by atoms with van der Waals surface area (Å²) in [7, 11) is -3.16. The van der Waals surface area contributed by atoms with Gasteiger partial charge in [0.1, 0.15) is 9.84 Å². The Morgan fingerprint density at radius 2 is 2.10 bits per heavy atom. The highest BCUT2D eigenvalue weighted by Gasteiger charge is 2.12. The van der Waals surface area contributed by atoms with Crippen LogP contribution in [0.5, 0.6) is 0 Å². The molecule has 0 fully saturated rings. The van der Waals surface area contributed by atoms with E-state index in [0.717, 1.165) is 17.2 Å². The van der Waals surface area contributed by atoms with E-state index >= 15 is 0 Å². The van der Waals surface area contributed by atoms with E-state index < -0.39 is 9.84 Å². The molecule has 1 aromatic carbocycles. The third-order valence-electron chi connectivity index (χ3n) is 2.98. The molecule has 0 saturated carbocycles. The van der Waals surface area contributed by atoms with E-state index in [4.69, 9.17) is 11.6 Å². The number of pyridine rings is 1. The van der Waals surface area contributed by atoms with Gasteiger partial charge in [0.15, 0.2) is 0 Å². The van der Waals surface area contributed by atoms with Crippen LogP contribution in [0, 0.1) is 6.92 Å². The van der Waals surface area contributed by atoms with E-state index in [2.05, 4.69) is 10.3 Å². The summed E-state index contributed by atoms with van der Waals surface area (Å²) < 4.78 is 22.1. The van der Waals surface area contributed by atoms with Crippen molar-refractivity contribution in [3.63, 3.8) is 0 Å². The summed E-state index contributed by atoms with van der Waals surface area (Å²) >= 11 is 6.22. The van der Waals surface area contributed by atoms with E-state index in [-0.39, 0.29) is 18.1 Å². The lowest BCUT2D eigenvalue weighted by atomic mass is 10.1. The predicted octanol–water partition coefficient (Wildman–Crippen LogP) is 2.57. The van der Waals surface area contributed by atoms with Gasteiger partial charge in [0.2, 0.25) is 5.91 Å². The van der Waals surface area contributed by atoms with E-state index in [1.165, 1.54) is 0 Å². The maximum atomic E-state index is 11.8. The van der Waals surface area contributed by atoms with Gasteiger partial charge in [-0.2, -0.15) is 0 Å². The van der Waals surface area contributed by atoms with Crippen LogP contribution in [0.25, 0.3) is 10.9 Å². The highest BCUT2D eigenvalue weighted by molar-refractivity contribution is 7.90. The lowest BCUT2D eigenvalue weighted by Gasteiger charge is -2.09. The average Bonchev–Trinajstić information content (AvgIpc) is 2.40. The molecule has 0 aliphatic rings. The van der Waals surface area contributed by atoms with Crippen molar-refractivity contribution in [1.29, 1.82) is 0 Å². The number of nitrogens with zero attached hydrogens (tertiary/aromatic N) is 1. The molecule has 0 unspecified atom stereocenters. The van der Waals surface area contributed by atoms with Crippen molar-refractivity contribution in [1.82, 2.24) is 4.98 Å². The molecular formula is C14H15ClN2O3S. The zero-order chi connectivity index (χ0) is 15.6. The molecule has 7 heteroatoms. The number of fused-ring (bicyclic) bond motifs is 1. The maximum absolute atomic E-state index is 11.8. The van der Waals surface area contributed by atoms with Crippen molar-refractivity contribution in [2.24, 2.45) is 0 Å². The Morgan fingerprint density at radius 1 is 1.38 bits per heavy atom. The number of sulfone groups is 1.